The van der Waals surface area contributed by atoms with Crippen molar-refractivity contribution in [2.24, 2.45) is 0 Å². The highest BCUT2D eigenvalue weighted by Crippen LogP contribution is 2.41. The van der Waals surface area contributed by atoms with Gasteiger partial charge in [0.2, 0.25) is 0 Å². The monoisotopic (exact) mass is 213 g/mol. The third kappa shape index (κ3) is 4.52. The van der Waals surface area contributed by atoms with E-state index in [1.54, 1.807) is 0 Å². The molecule has 1 aliphatic carbocycles. The minimum Gasteiger partial charge on any atom is -0.369 e. The highest BCUT2D eigenvalue weighted by atomic mass is 16.5. The molecular formula is C13H27NO. The fourth-order valence-electron chi connectivity index (χ4n) is 2.21. The molecule has 1 fully saturated rings. The largest absolute Gasteiger partial charge is 0.369 e. The average Bonchev–Trinajstić information content (AvgIpc) is 1.96. The molecule has 0 saturated heterocycles. The van der Waals surface area contributed by atoms with Crippen molar-refractivity contribution < 1.29 is 4.74 Å². The first kappa shape index (κ1) is 13.0. The van der Waals surface area contributed by atoms with Crippen molar-refractivity contribution in [2.45, 2.75) is 77.5 Å². The van der Waals surface area contributed by atoms with Crippen LogP contribution >= 0.6 is 0 Å². The molecule has 0 amide bonds. The van der Waals surface area contributed by atoms with E-state index in [9.17, 15) is 0 Å². The summed E-state index contributed by atoms with van der Waals surface area (Å²) in [4.78, 5) is 0. The Bertz CT molecular complexity index is 189. The summed E-state index contributed by atoms with van der Waals surface area (Å²) in [6, 6.07) is 0.580. The van der Waals surface area contributed by atoms with E-state index >= 15 is 0 Å². The van der Waals surface area contributed by atoms with E-state index in [-0.39, 0.29) is 11.2 Å². The van der Waals surface area contributed by atoms with Crippen LogP contribution in [0, 0.1) is 0 Å². The molecule has 0 aromatic heterocycles. The smallest absolute Gasteiger partial charge is 0.0701 e. The van der Waals surface area contributed by atoms with E-state index in [4.69, 9.17) is 4.74 Å². The molecule has 0 aromatic rings. The lowest BCUT2D eigenvalue weighted by molar-refractivity contribution is -0.173. The van der Waals surface area contributed by atoms with E-state index in [0.29, 0.717) is 6.04 Å². The Hall–Kier alpha value is -0.0800. The van der Waals surface area contributed by atoms with Gasteiger partial charge in [-0.1, -0.05) is 13.8 Å². The maximum absolute atomic E-state index is 6.20. The Balaban J connectivity index is 2.33. The molecule has 2 heteroatoms. The normalized spacial score (nSPS) is 20.4. The number of hydrogen-bond acceptors (Lipinski definition) is 2. The number of hydrogen-bond donors (Lipinski definition) is 1. The molecule has 0 unspecified atom stereocenters. The summed E-state index contributed by atoms with van der Waals surface area (Å²) in [7, 11) is 0. The maximum atomic E-state index is 6.20. The zero-order valence-corrected chi connectivity index (χ0v) is 11.0. The minimum atomic E-state index is -0.00174. The van der Waals surface area contributed by atoms with Gasteiger partial charge in [-0.15, -0.1) is 0 Å². The summed E-state index contributed by atoms with van der Waals surface area (Å²) in [5.41, 5.74) is 0.179. The first-order chi connectivity index (χ1) is 6.83. The second-order valence-corrected chi connectivity index (χ2v) is 6.11. The van der Waals surface area contributed by atoms with Crippen LogP contribution in [0.2, 0.25) is 0 Å². The molecule has 90 valence electrons. The maximum Gasteiger partial charge on any atom is 0.0701 e. The average molecular weight is 213 g/mol. The molecule has 0 atom stereocenters. The van der Waals surface area contributed by atoms with E-state index in [1.165, 1.54) is 19.3 Å². The second-order valence-electron chi connectivity index (χ2n) is 6.11. The lowest BCUT2D eigenvalue weighted by Gasteiger charge is -2.46. The molecule has 0 aliphatic heterocycles. The van der Waals surface area contributed by atoms with E-state index in [0.717, 1.165) is 13.0 Å². The Kier molecular flexibility index (Phi) is 4.19. The summed E-state index contributed by atoms with van der Waals surface area (Å²) < 4.78 is 6.20. The van der Waals surface area contributed by atoms with Crippen molar-refractivity contribution in [1.82, 2.24) is 5.32 Å². The van der Waals surface area contributed by atoms with Gasteiger partial charge in [0.25, 0.3) is 0 Å². The standard InChI is InChI=1S/C13H27NO/c1-11(2)14-10-9-13(7-6-8-13)15-12(3,4)5/h11,14H,6-10H2,1-5H3. The van der Waals surface area contributed by atoms with Gasteiger partial charge in [-0.2, -0.15) is 0 Å². The SMILES string of the molecule is CC(C)NCCC1(OC(C)(C)C)CCC1. The predicted octanol–water partition coefficient (Wildman–Crippen LogP) is 3.11. The summed E-state index contributed by atoms with van der Waals surface area (Å²) in [5.74, 6) is 0. The van der Waals surface area contributed by atoms with Gasteiger partial charge < -0.3 is 10.1 Å². The molecule has 2 nitrogen and oxygen atoms in total. The predicted molar refractivity (Wildman–Crippen MR) is 65.2 cm³/mol. The molecule has 15 heavy (non-hydrogen) atoms. The summed E-state index contributed by atoms with van der Waals surface area (Å²) in [5, 5.41) is 3.48. The van der Waals surface area contributed by atoms with Gasteiger partial charge in [-0.3, -0.25) is 0 Å². The lowest BCUT2D eigenvalue weighted by Crippen LogP contribution is -2.47. The van der Waals surface area contributed by atoms with Crippen molar-refractivity contribution in [3.8, 4) is 0 Å². The number of ether oxygens (including phenoxy) is 1. The minimum absolute atomic E-state index is 0.00174. The van der Waals surface area contributed by atoms with Crippen LogP contribution in [0.5, 0.6) is 0 Å². The van der Waals surface area contributed by atoms with E-state index in [2.05, 4.69) is 39.9 Å². The van der Waals surface area contributed by atoms with Gasteiger partial charge in [-0.25, -0.2) is 0 Å². The molecule has 1 N–H and O–H groups in total. The molecule has 0 aromatic carbocycles. The van der Waals surface area contributed by atoms with E-state index in [1.807, 2.05) is 0 Å². The van der Waals surface area contributed by atoms with Gasteiger partial charge >= 0.3 is 0 Å². The van der Waals surface area contributed by atoms with Gasteiger partial charge in [0.15, 0.2) is 0 Å². The van der Waals surface area contributed by atoms with Crippen LogP contribution in [-0.4, -0.2) is 23.8 Å². The highest BCUT2D eigenvalue weighted by Gasteiger charge is 2.40. The molecule has 0 radical (unpaired) electrons. The van der Waals surface area contributed by atoms with Gasteiger partial charge in [0, 0.05) is 6.04 Å². The van der Waals surface area contributed by atoms with Crippen LogP contribution in [-0.2, 0) is 4.74 Å². The first-order valence-electron chi connectivity index (χ1n) is 6.27. The van der Waals surface area contributed by atoms with Crippen molar-refractivity contribution in [3.05, 3.63) is 0 Å². The van der Waals surface area contributed by atoms with Crippen LogP contribution in [0.25, 0.3) is 0 Å². The van der Waals surface area contributed by atoms with Crippen LogP contribution in [0.15, 0.2) is 0 Å². The van der Waals surface area contributed by atoms with Crippen LogP contribution < -0.4 is 5.32 Å². The number of rotatable bonds is 5. The summed E-state index contributed by atoms with van der Waals surface area (Å²) >= 11 is 0. The fraction of sp³-hybridized carbons (Fsp3) is 1.00. The van der Waals surface area contributed by atoms with Gasteiger partial charge in [0.1, 0.15) is 0 Å². The molecule has 0 spiro atoms. The lowest BCUT2D eigenvalue weighted by atomic mass is 9.77. The Labute approximate surface area is 94.8 Å². The number of nitrogens with one attached hydrogen (secondary N) is 1. The Morgan fingerprint density at radius 3 is 2.20 bits per heavy atom. The zero-order valence-electron chi connectivity index (χ0n) is 11.0. The molecule has 1 saturated carbocycles. The van der Waals surface area contributed by atoms with E-state index < -0.39 is 0 Å². The third-order valence-electron chi connectivity index (χ3n) is 2.92. The fourth-order valence-corrected chi connectivity index (χ4v) is 2.21. The van der Waals surface area contributed by atoms with Crippen LogP contribution in [0.3, 0.4) is 0 Å². The third-order valence-corrected chi connectivity index (χ3v) is 2.92. The van der Waals surface area contributed by atoms with Crippen molar-refractivity contribution in [1.29, 1.82) is 0 Å². The Morgan fingerprint density at radius 1 is 1.27 bits per heavy atom. The van der Waals surface area contributed by atoms with Crippen LogP contribution in [0.4, 0.5) is 0 Å². The van der Waals surface area contributed by atoms with Gasteiger partial charge in [-0.05, 0) is 53.0 Å². The molecule has 0 heterocycles. The topological polar surface area (TPSA) is 21.3 Å². The first-order valence-corrected chi connectivity index (χ1v) is 6.27. The second kappa shape index (κ2) is 4.84. The van der Waals surface area contributed by atoms with Crippen molar-refractivity contribution in [2.75, 3.05) is 6.54 Å². The quantitative estimate of drug-likeness (QED) is 0.757. The zero-order chi connectivity index (χ0) is 11.5. The summed E-state index contributed by atoms with van der Waals surface area (Å²) in [6.07, 6.45) is 4.97. The summed E-state index contributed by atoms with van der Waals surface area (Å²) in [6.45, 7) is 11.9. The molecule has 0 bridgehead atoms. The molecule has 1 rings (SSSR count). The Morgan fingerprint density at radius 2 is 1.87 bits per heavy atom. The highest BCUT2D eigenvalue weighted by molar-refractivity contribution is 4.92. The van der Waals surface area contributed by atoms with Gasteiger partial charge in [0.05, 0.1) is 11.2 Å². The molecular weight excluding hydrogens is 186 g/mol. The van der Waals surface area contributed by atoms with Crippen molar-refractivity contribution >= 4 is 0 Å². The molecule has 1 aliphatic rings. The van der Waals surface area contributed by atoms with Crippen molar-refractivity contribution in [3.63, 3.8) is 0 Å². The van der Waals surface area contributed by atoms with Crippen LogP contribution in [0.1, 0.15) is 60.3 Å².